The van der Waals surface area contributed by atoms with Gasteiger partial charge in [-0.05, 0) is 44.4 Å². The second kappa shape index (κ2) is 7.06. The first-order valence-corrected chi connectivity index (χ1v) is 8.75. The van der Waals surface area contributed by atoms with Crippen LogP contribution in [0.5, 0.6) is 0 Å². The van der Waals surface area contributed by atoms with Gasteiger partial charge in [-0.25, -0.2) is 4.68 Å². The molecule has 1 N–H and O–H groups in total. The number of carbonyl (C=O) groups excluding carboxylic acids is 1. The zero-order chi connectivity index (χ0) is 18.1. The summed E-state index contributed by atoms with van der Waals surface area (Å²) in [7, 11) is 0. The molecule has 2 aromatic rings. The maximum atomic E-state index is 12.8. The summed E-state index contributed by atoms with van der Waals surface area (Å²) >= 11 is 12.3. The number of aliphatic carboxylic acids is 1. The third-order valence-corrected chi connectivity index (χ3v) is 4.80. The van der Waals surface area contributed by atoms with E-state index >= 15 is 0 Å². The summed E-state index contributed by atoms with van der Waals surface area (Å²) in [5, 5.41) is 14.4. The summed E-state index contributed by atoms with van der Waals surface area (Å²) in [6.07, 6.45) is 2.45. The number of hydrogen-bond acceptors (Lipinski definition) is 3. The van der Waals surface area contributed by atoms with Gasteiger partial charge in [0.25, 0.3) is 5.91 Å². The number of halogens is 2. The highest BCUT2D eigenvalue weighted by Crippen LogP contribution is 2.32. The van der Waals surface area contributed by atoms with Gasteiger partial charge in [-0.1, -0.05) is 23.2 Å². The standard InChI is InChI=1S/C17H17Cl2N3O3/c1-2-21(9-15(23)24)17(25)16-11-4-3-5-13(11)22(20-16)14-7-6-10(18)8-12(14)19/h6-8H,2-5,9H2,1H3,(H,23,24). The number of rotatable bonds is 5. The van der Waals surface area contributed by atoms with Crippen molar-refractivity contribution >= 4 is 35.1 Å². The van der Waals surface area contributed by atoms with Crippen LogP contribution in [-0.4, -0.2) is 44.8 Å². The van der Waals surface area contributed by atoms with Crippen molar-refractivity contribution in [2.24, 2.45) is 0 Å². The minimum absolute atomic E-state index is 0.300. The van der Waals surface area contributed by atoms with E-state index in [1.807, 2.05) is 0 Å². The first kappa shape index (κ1) is 17.8. The summed E-state index contributed by atoms with van der Waals surface area (Å²) in [6, 6.07) is 5.11. The number of benzene rings is 1. The fourth-order valence-electron chi connectivity index (χ4n) is 3.10. The number of likely N-dealkylation sites (N-methyl/N-ethyl adjacent to an activating group) is 1. The van der Waals surface area contributed by atoms with E-state index in [4.69, 9.17) is 28.3 Å². The van der Waals surface area contributed by atoms with Crippen LogP contribution >= 0.6 is 23.2 Å². The van der Waals surface area contributed by atoms with Gasteiger partial charge in [0.05, 0.1) is 10.7 Å². The van der Waals surface area contributed by atoms with Crippen molar-refractivity contribution in [3.05, 3.63) is 45.2 Å². The Kier molecular flexibility index (Phi) is 5.01. The van der Waals surface area contributed by atoms with Gasteiger partial charge in [-0.2, -0.15) is 5.10 Å². The first-order valence-electron chi connectivity index (χ1n) is 7.99. The normalized spacial score (nSPS) is 12.9. The fraction of sp³-hybridized carbons (Fsp3) is 0.353. The quantitative estimate of drug-likeness (QED) is 0.862. The Morgan fingerprint density at radius 3 is 2.72 bits per heavy atom. The van der Waals surface area contributed by atoms with Crippen LogP contribution in [0.4, 0.5) is 0 Å². The molecular weight excluding hydrogens is 365 g/mol. The Hall–Kier alpha value is -2.05. The van der Waals surface area contributed by atoms with Crippen LogP contribution in [0.25, 0.3) is 5.69 Å². The van der Waals surface area contributed by atoms with Crippen LogP contribution in [0.2, 0.25) is 10.0 Å². The molecule has 0 unspecified atom stereocenters. The van der Waals surface area contributed by atoms with Gasteiger partial charge >= 0.3 is 5.97 Å². The SMILES string of the molecule is CCN(CC(=O)O)C(=O)c1nn(-c2ccc(Cl)cc2Cl)c2c1CCC2. The predicted molar refractivity (Wildman–Crippen MR) is 94.8 cm³/mol. The van der Waals surface area contributed by atoms with Crippen molar-refractivity contribution in [3.8, 4) is 5.69 Å². The largest absolute Gasteiger partial charge is 0.480 e. The molecule has 3 rings (SSSR count). The molecule has 25 heavy (non-hydrogen) atoms. The molecule has 1 heterocycles. The van der Waals surface area contributed by atoms with E-state index in [1.54, 1.807) is 29.8 Å². The highest BCUT2D eigenvalue weighted by Gasteiger charge is 2.30. The summed E-state index contributed by atoms with van der Waals surface area (Å²) in [6.45, 7) is 1.70. The topological polar surface area (TPSA) is 75.4 Å². The smallest absolute Gasteiger partial charge is 0.323 e. The molecule has 1 aliphatic rings. The molecule has 132 valence electrons. The van der Waals surface area contributed by atoms with Crippen molar-refractivity contribution in [2.45, 2.75) is 26.2 Å². The van der Waals surface area contributed by atoms with Gasteiger partial charge in [0, 0.05) is 22.8 Å². The Labute approximate surface area is 154 Å². The number of carboxylic acid groups (broad SMARTS) is 1. The molecule has 0 aliphatic heterocycles. The van der Waals surface area contributed by atoms with E-state index in [-0.39, 0.29) is 12.5 Å². The Bertz CT molecular complexity index is 848. The van der Waals surface area contributed by atoms with Crippen molar-refractivity contribution in [3.63, 3.8) is 0 Å². The molecule has 0 fully saturated rings. The summed E-state index contributed by atoms with van der Waals surface area (Å²) in [4.78, 5) is 25.1. The van der Waals surface area contributed by atoms with E-state index in [9.17, 15) is 9.59 Å². The Morgan fingerprint density at radius 2 is 2.08 bits per heavy atom. The van der Waals surface area contributed by atoms with E-state index in [0.717, 1.165) is 30.5 Å². The minimum atomic E-state index is -1.05. The van der Waals surface area contributed by atoms with Crippen LogP contribution in [0.15, 0.2) is 18.2 Å². The molecule has 0 radical (unpaired) electrons. The van der Waals surface area contributed by atoms with Gasteiger partial charge in [0.1, 0.15) is 6.54 Å². The number of nitrogens with zero attached hydrogens (tertiary/aromatic N) is 3. The maximum Gasteiger partial charge on any atom is 0.323 e. The molecule has 8 heteroatoms. The monoisotopic (exact) mass is 381 g/mol. The minimum Gasteiger partial charge on any atom is -0.480 e. The zero-order valence-electron chi connectivity index (χ0n) is 13.6. The number of carboxylic acids is 1. The fourth-order valence-corrected chi connectivity index (χ4v) is 3.59. The van der Waals surface area contributed by atoms with E-state index in [1.165, 1.54) is 4.90 Å². The lowest BCUT2D eigenvalue weighted by Gasteiger charge is -2.17. The number of amides is 1. The molecule has 0 spiro atoms. The molecule has 1 aromatic carbocycles. The predicted octanol–water partition coefficient (Wildman–Crippen LogP) is 3.21. The summed E-state index contributed by atoms with van der Waals surface area (Å²) in [5.74, 6) is -1.42. The third kappa shape index (κ3) is 3.37. The third-order valence-electron chi connectivity index (χ3n) is 4.27. The molecule has 0 saturated carbocycles. The zero-order valence-corrected chi connectivity index (χ0v) is 15.1. The summed E-state index contributed by atoms with van der Waals surface area (Å²) in [5.41, 5.74) is 2.78. The molecular formula is C17H17Cl2N3O3. The molecule has 1 aromatic heterocycles. The highest BCUT2D eigenvalue weighted by atomic mass is 35.5. The van der Waals surface area contributed by atoms with E-state index in [0.29, 0.717) is 28.0 Å². The molecule has 1 amide bonds. The lowest BCUT2D eigenvalue weighted by Crippen LogP contribution is -2.36. The average molecular weight is 382 g/mol. The van der Waals surface area contributed by atoms with Gasteiger partial charge in [0.15, 0.2) is 5.69 Å². The lowest BCUT2D eigenvalue weighted by atomic mass is 10.2. The van der Waals surface area contributed by atoms with Crippen molar-refractivity contribution < 1.29 is 14.7 Å². The first-order chi connectivity index (χ1) is 11.9. The van der Waals surface area contributed by atoms with E-state index in [2.05, 4.69) is 5.10 Å². The lowest BCUT2D eigenvalue weighted by molar-refractivity contribution is -0.137. The van der Waals surface area contributed by atoms with Crippen LogP contribution in [-0.2, 0) is 17.6 Å². The number of aromatic nitrogens is 2. The van der Waals surface area contributed by atoms with Crippen LogP contribution in [0, 0.1) is 0 Å². The Balaban J connectivity index is 2.05. The molecule has 1 aliphatic carbocycles. The molecule has 6 nitrogen and oxygen atoms in total. The van der Waals surface area contributed by atoms with Gasteiger partial charge in [0.2, 0.25) is 0 Å². The van der Waals surface area contributed by atoms with Gasteiger partial charge in [-0.3, -0.25) is 9.59 Å². The average Bonchev–Trinajstić information content (AvgIpc) is 3.14. The maximum absolute atomic E-state index is 12.8. The summed E-state index contributed by atoms with van der Waals surface area (Å²) < 4.78 is 1.68. The molecule has 0 atom stereocenters. The molecule has 0 bridgehead atoms. The van der Waals surface area contributed by atoms with Crippen molar-refractivity contribution in [1.29, 1.82) is 0 Å². The number of fused-ring (bicyclic) bond motifs is 1. The van der Waals surface area contributed by atoms with Crippen molar-refractivity contribution in [2.75, 3.05) is 13.1 Å². The second-order valence-corrected chi connectivity index (χ2v) is 6.69. The number of carbonyl (C=O) groups is 2. The number of hydrogen-bond donors (Lipinski definition) is 1. The second-order valence-electron chi connectivity index (χ2n) is 5.85. The van der Waals surface area contributed by atoms with Crippen LogP contribution in [0.3, 0.4) is 0 Å². The van der Waals surface area contributed by atoms with Gasteiger partial charge < -0.3 is 10.0 Å². The van der Waals surface area contributed by atoms with Gasteiger partial charge in [-0.15, -0.1) is 0 Å². The van der Waals surface area contributed by atoms with Crippen molar-refractivity contribution in [1.82, 2.24) is 14.7 Å². The van der Waals surface area contributed by atoms with E-state index < -0.39 is 5.97 Å². The highest BCUT2D eigenvalue weighted by molar-refractivity contribution is 6.35. The van der Waals surface area contributed by atoms with Crippen LogP contribution in [0.1, 0.15) is 35.1 Å². The Morgan fingerprint density at radius 1 is 1.32 bits per heavy atom. The molecule has 0 saturated heterocycles. The van der Waals surface area contributed by atoms with Crippen LogP contribution < -0.4 is 0 Å².